The van der Waals surface area contributed by atoms with Crippen LogP contribution in [-0.2, 0) is 10.0 Å². The Hall–Kier alpha value is -1.45. The summed E-state index contributed by atoms with van der Waals surface area (Å²) in [4.78, 5) is 3.31. The molecule has 0 amide bonds. The molecule has 0 saturated carbocycles. The van der Waals surface area contributed by atoms with E-state index in [4.69, 9.17) is 17.3 Å². The molecule has 1 aromatic carbocycles. The highest BCUT2D eigenvalue weighted by Crippen LogP contribution is 2.30. The summed E-state index contributed by atoms with van der Waals surface area (Å²) in [7, 11) is -4.24. The highest BCUT2D eigenvalue weighted by atomic mass is 79.9. The van der Waals surface area contributed by atoms with Crippen LogP contribution in [0.3, 0.4) is 0 Å². The van der Waals surface area contributed by atoms with Gasteiger partial charge in [0.2, 0.25) is 0 Å². The lowest BCUT2D eigenvalue weighted by Gasteiger charge is -2.12. The maximum absolute atomic E-state index is 13.6. The second-order valence-electron chi connectivity index (χ2n) is 3.89. The Kier molecular flexibility index (Phi) is 4.35. The number of hydrogen-bond acceptors (Lipinski definition) is 4. The molecule has 0 aliphatic rings. The zero-order valence-electron chi connectivity index (χ0n) is 10.1. The number of halogens is 4. The van der Waals surface area contributed by atoms with E-state index in [0.29, 0.717) is 10.5 Å². The largest absolute Gasteiger partial charge is 0.383 e. The highest BCUT2D eigenvalue weighted by molar-refractivity contribution is 9.10. The van der Waals surface area contributed by atoms with Crippen molar-refractivity contribution in [2.45, 2.75) is 4.90 Å². The SMILES string of the molecule is Nc1ncc(Br)cc1S(=O)(=O)Nc1c(F)cc(F)cc1Cl. The van der Waals surface area contributed by atoms with Crippen LogP contribution in [0.1, 0.15) is 0 Å². The van der Waals surface area contributed by atoms with E-state index in [0.717, 1.165) is 6.07 Å². The van der Waals surface area contributed by atoms with Crippen molar-refractivity contribution in [2.24, 2.45) is 0 Å². The van der Waals surface area contributed by atoms with Crippen LogP contribution in [0.5, 0.6) is 0 Å². The summed E-state index contributed by atoms with van der Waals surface area (Å²) in [5, 5.41) is -0.419. The predicted octanol–water partition coefficient (Wildman–Crippen LogP) is 3.16. The van der Waals surface area contributed by atoms with Gasteiger partial charge in [-0.2, -0.15) is 0 Å². The van der Waals surface area contributed by atoms with Gasteiger partial charge in [0.1, 0.15) is 22.2 Å². The van der Waals surface area contributed by atoms with Crippen molar-refractivity contribution in [3.8, 4) is 0 Å². The molecule has 0 unspecified atom stereocenters. The van der Waals surface area contributed by atoms with Crippen LogP contribution < -0.4 is 10.5 Å². The molecule has 0 bridgehead atoms. The number of rotatable bonds is 3. The van der Waals surface area contributed by atoms with Crippen molar-refractivity contribution in [1.82, 2.24) is 4.98 Å². The second kappa shape index (κ2) is 5.74. The second-order valence-corrected chi connectivity index (χ2v) is 6.86. The smallest absolute Gasteiger partial charge is 0.265 e. The molecule has 1 aromatic heterocycles. The molecule has 112 valence electrons. The summed E-state index contributed by atoms with van der Waals surface area (Å²) in [5.74, 6) is -2.35. The number of hydrogen-bond donors (Lipinski definition) is 2. The fraction of sp³-hybridized carbons (Fsp3) is 0. The van der Waals surface area contributed by atoms with Gasteiger partial charge in [-0.05, 0) is 28.1 Å². The molecule has 2 aromatic rings. The molecule has 0 aliphatic carbocycles. The van der Waals surface area contributed by atoms with Crippen LogP contribution in [0.25, 0.3) is 0 Å². The molecule has 0 radical (unpaired) electrons. The quantitative estimate of drug-likeness (QED) is 0.832. The number of benzene rings is 1. The van der Waals surface area contributed by atoms with Crippen LogP contribution in [-0.4, -0.2) is 13.4 Å². The molecule has 10 heteroatoms. The van der Waals surface area contributed by atoms with Crippen molar-refractivity contribution in [3.05, 3.63) is 45.5 Å². The number of anilines is 2. The number of nitrogens with two attached hydrogens (primary N) is 1. The van der Waals surface area contributed by atoms with Crippen LogP contribution in [0.2, 0.25) is 5.02 Å². The Morgan fingerprint density at radius 2 is 1.95 bits per heavy atom. The summed E-state index contributed by atoms with van der Waals surface area (Å²) in [6, 6.07) is 2.48. The van der Waals surface area contributed by atoms with Gasteiger partial charge < -0.3 is 5.73 Å². The summed E-state index contributed by atoms with van der Waals surface area (Å²) in [5.41, 5.74) is 4.92. The summed E-state index contributed by atoms with van der Waals surface area (Å²) in [6.45, 7) is 0. The van der Waals surface area contributed by atoms with E-state index >= 15 is 0 Å². The minimum atomic E-state index is -4.24. The van der Waals surface area contributed by atoms with Crippen LogP contribution in [0, 0.1) is 11.6 Å². The highest BCUT2D eigenvalue weighted by Gasteiger charge is 2.22. The standard InChI is InChI=1S/C11H7BrClF2N3O2S/c12-5-1-9(11(16)17-4-5)21(19,20)18-10-7(13)2-6(14)3-8(10)15/h1-4,18H,(H2,16,17). The average Bonchev–Trinajstić information content (AvgIpc) is 2.36. The van der Waals surface area contributed by atoms with Crippen LogP contribution in [0.15, 0.2) is 33.8 Å². The third-order valence-corrected chi connectivity index (χ3v) is 4.49. The van der Waals surface area contributed by atoms with Gasteiger partial charge in [-0.25, -0.2) is 22.2 Å². The van der Waals surface area contributed by atoms with E-state index in [1.807, 2.05) is 4.72 Å². The maximum atomic E-state index is 13.6. The molecule has 1 heterocycles. The Balaban J connectivity index is 2.50. The molecule has 0 aliphatic heterocycles. The molecule has 21 heavy (non-hydrogen) atoms. The molecule has 0 spiro atoms. The molecule has 0 atom stereocenters. The molecular weight excluding hydrogens is 392 g/mol. The predicted molar refractivity (Wildman–Crippen MR) is 78.5 cm³/mol. The third-order valence-electron chi connectivity index (χ3n) is 2.38. The van der Waals surface area contributed by atoms with Gasteiger partial charge in [-0.15, -0.1) is 0 Å². The van der Waals surface area contributed by atoms with Gasteiger partial charge in [-0.3, -0.25) is 4.72 Å². The molecule has 5 nitrogen and oxygen atoms in total. The zero-order valence-corrected chi connectivity index (χ0v) is 13.2. The first-order valence-corrected chi connectivity index (χ1v) is 7.94. The number of nitrogen functional groups attached to an aromatic ring is 1. The summed E-state index contributed by atoms with van der Waals surface area (Å²) < 4.78 is 53.2. The molecule has 0 saturated heterocycles. The fourth-order valence-corrected chi connectivity index (χ4v) is 3.45. The Morgan fingerprint density at radius 1 is 1.29 bits per heavy atom. The summed E-state index contributed by atoms with van der Waals surface area (Å²) >= 11 is 8.69. The Labute approximate surface area is 132 Å². The van der Waals surface area contributed by atoms with Gasteiger partial charge >= 0.3 is 0 Å². The van der Waals surface area contributed by atoms with Crippen molar-refractivity contribution < 1.29 is 17.2 Å². The van der Waals surface area contributed by atoms with Crippen molar-refractivity contribution >= 4 is 49.1 Å². The monoisotopic (exact) mass is 397 g/mol. The van der Waals surface area contributed by atoms with E-state index in [1.54, 1.807) is 0 Å². The number of sulfonamides is 1. The van der Waals surface area contributed by atoms with Gasteiger partial charge in [0, 0.05) is 16.7 Å². The molecule has 3 N–H and O–H groups in total. The van der Waals surface area contributed by atoms with Gasteiger partial charge in [0.25, 0.3) is 10.0 Å². The molecule has 0 fully saturated rings. The Bertz CT molecular complexity index is 794. The van der Waals surface area contributed by atoms with E-state index in [-0.39, 0.29) is 10.7 Å². The van der Waals surface area contributed by atoms with Crippen molar-refractivity contribution in [3.63, 3.8) is 0 Å². The number of nitrogens with one attached hydrogen (secondary N) is 1. The number of aromatic nitrogens is 1. The van der Waals surface area contributed by atoms with Gasteiger partial charge in [0.15, 0.2) is 5.82 Å². The maximum Gasteiger partial charge on any atom is 0.265 e. The lowest BCUT2D eigenvalue weighted by atomic mass is 10.3. The van der Waals surface area contributed by atoms with Crippen molar-refractivity contribution in [2.75, 3.05) is 10.5 Å². The minimum Gasteiger partial charge on any atom is -0.383 e. The number of pyridine rings is 1. The molecule has 2 rings (SSSR count). The fourth-order valence-electron chi connectivity index (χ4n) is 1.48. The van der Waals surface area contributed by atoms with E-state index < -0.39 is 32.4 Å². The molecular formula is C11H7BrClF2N3O2S. The number of nitrogens with zero attached hydrogens (tertiary/aromatic N) is 1. The summed E-state index contributed by atoms with van der Waals surface area (Å²) in [6.07, 6.45) is 1.31. The lowest BCUT2D eigenvalue weighted by molar-refractivity contribution is 0.583. The minimum absolute atomic E-state index is 0.274. The zero-order chi connectivity index (χ0) is 15.8. The van der Waals surface area contributed by atoms with Crippen LogP contribution >= 0.6 is 27.5 Å². The topological polar surface area (TPSA) is 85.1 Å². The van der Waals surface area contributed by atoms with E-state index in [9.17, 15) is 17.2 Å². The first-order chi connectivity index (χ1) is 9.70. The van der Waals surface area contributed by atoms with E-state index in [2.05, 4.69) is 20.9 Å². The average molecular weight is 399 g/mol. The van der Waals surface area contributed by atoms with Gasteiger partial charge in [-0.1, -0.05) is 11.6 Å². The lowest BCUT2D eigenvalue weighted by Crippen LogP contribution is -2.17. The first kappa shape index (κ1) is 15.9. The van der Waals surface area contributed by atoms with Crippen molar-refractivity contribution in [1.29, 1.82) is 0 Å². The normalized spacial score (nSPS) is 11.4. The van der Waals surface area contributed by atoms with E-state index in [1.165, 1.54) is 12.3 Å². The van der Waals surface area contributed by atoms with Gasteiger partial charge in [0.05, 0.1) is 5.02 Å². The van der Waals surface area contributed by atoms with Crippen LogP contribution in [0.4, 0.5) is 20.3 Å². The third kappa shape index (κ3) is 3.42. The first-order valence-electron chi connectivity index (χ1n) is 5.29. The Morgan fingerprint density at radius 3 is 2.57 bits per heavy atom.